The standard InChI is InChI=1S/C13H19N3O3/c1-8(2)16-7-6-11(15-16)12(17)14-10-5-3-4-9(10)13(18)19/h6-10H,3-5H2,1-2H3,(H,14,17)(H,18,19)/t9-,10+/m0/s1. The monoisotopic (exact) mass is 265 g/mol. The Balaban J connectivity index is 2.02. The fourth-order valence-corrected chi connectivity index (χ4v) is 2.42. The van der Waals surface area contributed by atoms with Crippen LogP contribution in [0.15, 0.2) is 12.3 Å². The molecule has 1 heterocycles. The summed E-state index contributed by atoms with van der Waals surface area (Å²) in [5.41, 5.74) is 0.338. The van der Waals surface area contributed by atoms with E-state index in [1.165, 1.54) is 0 Å². The van der Waals surface area contributed by atoms with E-state index in [9.17, 15) is 9.59 Å². The van der Waals surface area contributed by atoms with Crippen LogP contribution in [0.5, 0.6) is 0 Å². The summed E-state index contributed by atoms with van der Waals surface area (Å²) in [6.45, 7) is 3.96. The molecule has 0 spiro atoms. The number of rotatable bonds is 4. The lowest BCUT2D eigenvalue weighted by molar-refractivity contribution is -0.142. The number of aliphatic carboxylic acids is 1. The molecule has 2 atom stereocenters. The Kier molecular flexibility index (Phi) is 3.87. The summed E-state index contributed by atoms with van der Waals surface area (Å²) in [5.74, 6) is -1.61. The maximum absolute atomic E-state index is 12.0. The Labute approximate surface area is 111 Å². The van der Waals surface area contributed by atoms with Gasteiger partial charge in [-0.3, -0.25) is 14.3 Å². The average Bonchev–Trinajstić information content (AvgIpc) is 2.96. The lowest BCUT2D eigenvalue weighted by Gasteiger charge is -2.16. The number of hydrogen-bond donors (Lipinski definition) is 2. The zero-order chi connectivity index (χ0) is 14.0. The molecule has 0 aromatic carbocycles. The Hall–Kier alpha value is -1.85. The van der Waals surface area contributed by atoms with Crippen molar-refractivity contribution < 1.29 is 14.7 Å². The molecule has 6 heteroatoms. The first-order valence-corrected chi connectivity index (χ1v) is 6.58. The summed E-state index contributed by atoms with van der Waals surface area (Å²) in [6, 6.07) is 1.56. The molecular weight excluding hydrogens is 246 g/mol. The van der Waals surface area contributed by atoms with Gasteiger partial charge in [0.25, 0.3) is 5.91 Å². The van der Waals surface area contributed by atoms with Crippen molar-refractivity contribution in [3.63, 3.8) is 0 Å². The number of amides is 1. The number of carboxylic acid groups (broad SMARTS) is 1. The van der Waals surface area contributed by atoms with E-state index in [2.05, 4.69) is 10.4 Å². The zero-order valence-corrected chi connectivity index (χ0v) is 11.2. The first-order chi connectivity index (χ1) is 8.99. The third-order valence-corrected chi connectivity index (χ3v) is 3.52. The van der Waals surface area contributed by atoms with Gasteiger partial charge in [0, 0.05) is 18.3 Å². The maximum Gasteiger partial charge on any atom is 0.308 e. The second-order valence-electron chi connectivity index (χ2n) is 5.23. The lowest BCUT2D eigenvalue weighted by atomic mass is 10.0. The molecule has 1 aliphatic rings. The van der Waals surface area contributed by atoms with Crippen molar-refractivity contribution >= 4 is 11.9 Å². The minimum absolute atomic E-state index is 0.194. The van der Waals surface area contributed by atoms with Crippen LogP contribution in [0.1, 0.15) is 49.6 Å². The molecule has 2 N–H and O–H groups in total. The van der Waals surface area contributed by atoms with E-state index >= 15 is 0 Å². The molecule has 104 valence electrons. The van der Waals surface area contributed by atoms with Gasteiger partial charge >= 0.3 is 5.97 Å². The summed E-state index contributed by atoms with van der Waals surface area (Å²) in [7, 11) is 0. The molecule has 0 unspecified atom stereocenters. The molecule has 0 radical (unpaired) electrons. The van der Waals surface area contributed by atoms with Crippen LogP contribution in [0.2, 0.25) is 0 Å². The fraction of sp³-hybridized carbons (Fsp3) is 0.615. The van der Waals surface area contributed by atoms with Gasteiger partial charge in [-0.15, -0.1) is 0 Å². The number of carbonyl (C=O) groups excluding carboxylic acids is 1. The van der Waals surface area contributed by atoms with E-state index in [-0.39, 0.29) is 18.0 Å². The first-order valence-electron chi connectivity index (χ1n) is 6.58. The average molecular weight is 265 g/mol. The van der Waals surface area contributed by atoms with Crippen LogP contribution in [0, 0.1) is 5.92 Å². The molecule has 1 aromatic rings. The van der Waals surface area contributed by atoms with Gasteiger partial charge in [0.1, 0.15) is 5.69 Å². The number of hydrogen-bond acceptors (Lipinski definition) is 3. The SMILES string of the molecule is CC(C)n1ccc(C(=O)N[C@@H]2CCC[C@@H]2C(=O)O)n1. The largest absolute Gasteiger partial charge is 0.481 e. The van der Waals surface area contributed by atoms with Gasteiger partial charge < -0.3 is 10.4 Å². The highest BCUT2D eigenvalue weighted by molar-refractivity contribution is 5.92. The summed E-state index contributed by atoms with van der Waals surface area (Å²) < 4.78 is 1.71. The van der Waals surface area contributed by atoms with Crippen LogP contribution in [-0.2, 0) is 4.79 Å². The van der Waals surface area contributed by atoms with E-state index in [1.807, 2.05) is 13.8 Å². The van der Waals surface area contributed by atoms with E-state index in [0.717, 1.165) is 6.42 Å². The third kappa shape index (κ3) is 2.94. The van der Waals surface area contributed by atoms with Crippen LogP contribution < -0.4 is 5.32 Å². The predicted octanol–water partition coefficient (Wildman–Crippen LogP) is 1.45. The number of carboxylic acids is 1. The summed E-state index contributed by atoms with van der Waals surface area (Å²) in [4.78, 5) is 23.1. The maximum atomic E-state index is 12.0. The van der Waals surface area contributed by atoms with Crippen molar-refractivity contribution in [3.8, 4) is 0 Å². The zero-order valence-electron chi connectivity index (χ0n) is 11.2. The number of carbonyl (C=O) groups is 2. The van der Waals surface area contributed by atoms with Crippen molar-refractivity contribution in [2.75, 3.05) is 0 Å². The molecule has 1 fully saturated rings. The Morgan fingerprint density at radius 1 is 1.47 bits per heavy atom. The fourth-order valence-electron chi connectivity index (χ4n) is 2.42. The molecule has 1 amide bonds. The second kappa shape index (κ2) is 5.42. The number of nitrogens with one attached hydrogen (secondary N) is 1. The molecule has 1 saturated carbocycles. The Morgan fingerprint density at radius 2 is 2.21 bits per heavy atom. The van der Waals surface area contributed by atoms with Crippen LogP contribution in [0.3, 0.4) is 0 Å². The van der Waals surface area contributed by atoms with E-state index in [4.69, 9.17) is 5.11 Å². The quantitative estimate of drug-likeness (QED) is 0.863. The molecule has 1 aromatic heterocycles. The van der Waals surface area contributed by atoms with E-state index in [0.29, 0.717) is 18.5 Å². The van der Waals surface area contributed by atoms with E-state index in [1.54, 1.807) is 16.9 Å². The van der Waals surface area contributed by atoms with Gasteiger partial charge in [0.05, 0.1) is 5.92 Å². The molecule has 2 rings (SSSR count). The molecule has 0 bridgehead atoms. The normalized spacial score (nSPS) is 22.7. The topological polar surface area (TPSA) is 84.2 Å². The third-order valence-electron chi connectivity index (χ3n) is 3.52. The lowest BCUT2D eigenvalue weighted by Crippen LogP contribution is -2.40. The summed E-state index contributed by atoms with van der Waals surface area (Å²) in [6.07, 6.45) is 3.93. The van der Waals surface area contributed by atoms with Crippen molar-refractivity contribution in [2.24, 2.45) is 5.92 Å². The number of aromatic nitrogens is 2. The summed E-state index contributed by atoms with van der Waals surface area (Å²) >= 11 is 0. The van der Waals surface area contributed by atoms with Crippen LogP contribution >= 0.6 is 0 Å². The smallest absolute Gasteiger partial charge is 0.308 e. The summed E-state index contributed by atoms with van der Waals surface area (Å²) in [5, 5.41) is 16.0. The minimum Gasteiger partial charge on any atom is -0.481 e. The van der Waals surface area contributed by atoms with Crippen molar-refractivity contribution in [1.82, 2.24) is 15.1 Å². The highest BCUT2D eigenvalue weighted by atomic mass is 16.4. The van der Waals surface area contributed by atoms with Gasteiger partial charge in [0.2, 0.25) is 0 Å². The molecule has 1 aliphatic carbocycles. The molecule has 19 heavy (non-hydrogen) atoms. The van der Waals surface area contributed by atoms with Gasteiger partial charge in [-0.2, -0.15) is 5.10 Å². The first kappa shape index (κ1) is 13.6. The van der Waals surface area contributed by atoms with Crippen molar-refractivity contribution in [1.29, 1.82) is 0 Å². The van der Waals surface area contributed by atoms with Crippen molar-refractivity contribution in [3.05, 3.63) is 18.0 Å². The highest BCUT2D eigenvalue weighted by Gasteiger charge is 2.34. The van der Waals surface area contributed by atoms with E-state index < -0.39 is 11.9 Å². The molecule has 0 saturated heterocycles. The van der Waals surface area contributed by atoms with Crippen LogP contribution in [0.25, 0.3) is 0 Å². The predicted molar refractivity (Wildman–Crippen MR) is 68.8 cm³/mol. The van der Waals surface area contributed by atoms with Crippen molar-refractivity contribution in [2.45, 2.75) is 45.2 Å². The van der Waals surface area contributed by atoms with Gasteiger partial charge in [0.15, 0.2) is 0 Å². The second-order valence-corrected chi connectivity index (χ2v) is 5.23. The van der Waals surface area contributed by atoms with Crippen LogP contribution in [-0.4, -0.2) is 32.8 Å². The highest BCUT2D eigenvalue weighted by Crippen LogP contribution is 2.26. The molecular formula is C13H19N3O3. The Bertz CT molecular complexity index is 481. The minimum atomic E-state index is -0.837. The van der Waals surface area contributed by atoms with Gasteiger partial charge in [-0.05, 0) is 32.8 Å². The Morgan fingerprint density at radius 3 is 2.79 bits per heavy atom. The van der Waals surface area contributed by atoms with Gasteiger partial charge in [-0.1, -0.05) is 6.42 Å². The molecule has 6 nitrogen and oxygen atoms in total. The number of nitrogens with zero attached hydrogens (tertiary/aromatic N) is 2. The van der Waals surface area contributed by atoms with Gasteiger partial charge in [-0.25, -0.2) is 0 Å². The molecule has 0 aliphatic heterocycles. The van der Waals surface area contributed by atoms with Crippen LogP contribution in [0.4, 0.5) is 0 Å².